The molecule has 0 amide bonds. The van der Waals surface area contributed by atoms with Crippen molar-refractivity contribution >= 4 is 23.4 Å². The van der Waals surface area contributed by atoms with E-state index < -0.39 is 12.5 Å². The van der Waals surface area contributed by atoms with E-state index in [1.54, 1.807) is 0 Å². The zero-order valence-corrected chi connectivity index (χ0v) is 14.6. The summed E-state index contributed by atoms with van der Waals surface area (Å²) in [6.45, 7) is 5.89. The fraction of sp³-hybridized carbons (Fsp3) is 0.200. The molecule has 0 spiro atoms. The van der Waals surface area contributed by atoms with Gasteiger partial charge in [0.1, 0.15) is 5.75 Å². The third-order valence-corrected chi connectivity index (χ3v) is 7.15. The first-order chi connectivity index (χ1) is 10.9. The average Bonchev–Trinajstić information content (AvgIpc) is 2.55. The number of hydrogen-bond donors (Lipinski definition) is 0. The molecule has 1 atom stereocenters. The molecule has 23 heavy (non-hydrogen) atoms. The number of rotatable bonds is 3. The molecule has 3 heteroatoms. The van der Waals surface area contributed by atoms with Crippen molar-refractivity contribution in [3.8, 4) is 5.75 Å². The maximum absolute atomic E-state index is 13.8. The Hall–Kier alpha value is -2.05. The van der Waals surface area contributed by atoms with Crippen LogP contribution in [0.1, 0.15) is 20.8 Å². The summed E-state index contributed by atoms with van der Waals surface area (Å²) in [6, 6.07) is 23.4. The Labute approximate surface area is 137 Å². The molecule has 3 rings (SSSR count). The van der Waals surface area contributed by atoms with E-state index in [1.165, 1.54) is 0 Å². The van der Waals surface area contributed by atoms with Crippen LogP contribution in [0.25, 0.3) is 10.8 Å². The first kappa shape index (κ1) is 15.8. The molecule has 3 aromatic carbocycles. The van der Waals surface area contributed by atoms with Gasteiger partial charge in [0.05, 0.1) is 5.16 Å². The summed E-state index contributed by atoms with van der Waals surface area (Å²) in [4.78, 5) is 0. The molecule has 0 fully saturated rings. The van der Waals surface area contributed by atoms with Crippen LogP contribution in [0.3, 0.4) is 0 Å². The highest BCUT2D eigenvalue weighted by atomic mass is 31.2. The Bertz CT molecular complexity index is 858. The van der Waals surface area contributed by atoms with Gasteiger partial charge in [-0.15, -0.1) is 0 Å². The molecule has 0 aliphatic carbocycles. The third-order valence-electron chi connectivity index (χ3n) is 3.96. The molecule has 0 aliphatic rings. The van der Waals surface area contributed by atoms with Crippen molar-refractivity contribution in [2.45, 2.75) is 25.9 Å². The summed E-state index contributed by atoms with van der Waals surface area (Å²) in [5, 5.41) is 2.32. The average molecular weight is 324 g/mol. The van der Waals surface area contributed by atoms with Gasteiger partial charge in [0, 0.05) is 10.7 Å². The van der Waals surface area contributed by atoms with Crippen LogP contribution < -0.4 is 9.83 Å². The van der Waals surface area contributed by atoms with Crippen LogP contribution >= 0.6 is 7.37 Å². The molecule has 0 saturated heterocycles. The highest BCUT2D eigenvalue weighted by Crippen LogP contribution is 2.57. The van der Waals surface area contributed by atoms with Gasteiger partial charge in [-0.2, -0.15) is 0 Å². The minimum Gasteiger partial charge on any atom is -0.439 e. The topological polar surface area (TPSA) is 26.3 Å². The van der Waals surface area contributed by atoms with Gasteiger partial charge in [-0.3, -0.25) is 4.57 Å². The highest BCUT2D eigenvalue weighted by Gasteiger charge is 2.41. The van der Waals surface area contributed by atoms with Crippen LogP contribution in [-0.4, -0.2) is 5.16 Å². The second-order valence-corrected chi connectivity index (χ2v) is 9.77. The molecular formula is C20H21O2P. The molecule has 118 valence electrons. The van der Waals surface area contributed by atoms with Crippen molar-refractivity contribution in [1.82, 2.24) is 0 Å². The van der Waals surface area contributed by atoms with E-state index >= 15 is 0 Å². The molecule has 0 aliphatic heterocycles. The molecule has 0 N–H and O–H groups in total. The molecule has 1 unspecified atom stereocenters. The Morgan fingerprint density at radius 2 is 1.39 bits per heavy atom. The van der Waals surface area contributed by atoms with Crippen molar-refractivity contribution in [2.75, 3.05) is 0 Å². The summed E-state index contributed by atoms with van der Waals surface area (Å²) in [6.07, 6.45) is 0. The second-order valence-electron chi connectivity index (χ2n) is 6.63. The third kappa shape index (κ3) is 2.92. The van der Waals surface area contributed by atoms with Gasteiger partial charge in [-0.25, -0.2) is 0 Å². The minimum absolute atomic E-state index is 0.495. The molecule has 0 radical (unpaired) electrons. The second kappa shape index (κ2) is 5.86. The van der Waals surface area contributed by atoms with Crippen LogP contribution in [0.4, 0.5) is 0 Å². The van der Waals surface area contributed by atoms with Crippen LogP contribution in [0, 0.1) is 0 Å². The van der Waals surface area contributed by atoms with Crippen LogP contribution in [0.15, 0.2) is 72.8 Å². The number of fused-ring (bicyclic) bond motifs is 1. The molecule has 3 aromatic rings. The fourth-order valence-electron chi connectivity index (χ4n) is 2.61. The predicted molar refractivity (Wildman–Crippen MR) is 98.0 cm³/mol. The Balaban J connectivity index is 2.15. The quantitative estimate of drug-likeness (QED) is 0.584. The van der Waals surface area contributed by atoms with Crippen LogP contribution in [-0.2, 0) is 4.57 Å². The van der Waals surface area contributed by atoms with Crippen molar-refractivity contribution in [3.63, 3.8) is 0 Å². The lowest BCUT2D eigenvalue weighted by atomic mass is 10.1. The van der Waals surface area contributed by atoms with E-state index in [4.69, 9.17) is 4.52 Å². The Morgan fingerprint density at radius 3 is 2.09 bits per heavy atom. The Kier molecular flexibility index (Phi) is 4.04. The predicted octanol–water partition coefficient (Wildman–Crippen LogP) is 5.62. The first-order valence-electron chi connectivity index (χ1n) is 7.75. The van der Waals surface area contributed by atoms with Gasteiger partial charge in [-0.05, 0) is 44.4 Å². The van der Waals surface area contributed by atoms with E-state index in [9.17, 15) is 4.57 Å². The van der Waals surface area contributed by atoms with Gasteiger partial charge in [-0.1, -0.05) is 54.6 Å². The molecule has 0 saturated carbocycles. The lowest BCUT2D eigenvalue weighted by molar-refractivity contribution is 0.464. The lowest BCUT2D eigenvalue weighted by Gasteiger charge is -2.31. The summed E-state index contributed by atoms with van der Waals surface area (Å²) >= 11 is 0. The van der Waals surface area contributed by atoms with Crippen molar-refractivity contribution < 1.29 is 9.09 Å². The van der Waals surface area contributed by atoms with Gasteiger partial charge >= 0.3 is 0 Å². The first-order valence-corrected chi connectivity index (χ1v) is 9.37. The van der Waals surface area contributed by atoms with Gasteiger partial charge in [0.25, 0.3) is 7.37 Å². The summed E-state index contributed by atoms with van der Waals surface area (Å²) in [7, 11) is -3.08. The minimum atomic E-state index is -3.08. The maximum Gasteiger partial charge on any atom is 0.282 e. The van der Waals surface area contributed by atoms with Crippen LogP contribution in [0.2, 0.25) is 0 Å². The standard InChI is InChI=1S/C20H21O2P/c1-20(2,3)23(21,17-12-5-4-6-13-17)22-19-15-9-11-16-10-7-8-14-18(16)19/h4-15H,1-3H3. The molecule has 0 heterocycles. The summed E-state index contributed by atoms with van der Waals surface area (Å²) < 4.78 is 20.0. The normalized spacial score (nSPS) is 14.4. The van der Waals surface area contributed by atoms with Gasteiger partial charge < -0.3 is 4.52 Å². The van der Waals surface area contributed by atoms with E-state index in [0.717, 1.165) is 16.1 Å². The van der Waals surface area contributed by atoms with Crippen molar-refractivity contribution in [2.24, 2.45) is 0 Å². The molecule has 0 aromatic heterocycles. The zero-order chi connectivity index (χ0) is 16.5. The monoisotopic (exact) mass is 324 g/mol. The van der Waals surface area contributed by atoms with E-state index in [-0.39, 0.29) is 0 Å². The molecular weight excluding hydrogens is 303 g/mol. The van der Waals surface area contributed by atoms with Crippen molar-refractivity contribution in [1.29, 1.82) is 0 Å². The lowest BCUT2D eigenvalue weighted by Crippen LogP contribution is -2.26. The van der Waals surface area contributed by atoms with E-state index in [1.807, 2.05) is 93.6 Å². The SMILES string of the molecule is CC(C)(C)P(=O)(Oc1cccc2ccccc12)c1ccccc1. The fourth-order valence-corrected chi connectivity index (χ4v) is 4.77. The highest BCUT2D eigenvalue weighted by molar-refractivity contribution is 7.68. The van der Waals surface area contributed by atoms with Crippen molar-refractivity contribution in [3.05, 3.63) is 72.8 Å². The van der Waals surface area contributed by atoms with Gasteiger partial charge in [0.2, 0.25) is 0 Å². The van der Waals surface area contributed by atoms with Gasteiger partial charge in [0.15, 0.2) is 0 Å². The zero-order valence-electron chi connectivity index (χ0n) is 13.7. The maximum atomic E-state index is 13.8. The van der Waals surface area contributed by atoms with E-state index in [2.05, 4.69) is 0 Å². The van der Waals surface area contributed by atoms with E-state index in [0.29, 0.717) is 5.75 Å². The largest absolute Gasteiger partial charge is 0.439 e. The number of hydrogen-bond acceptors (Lipinski definition) is 2. The molecule has 2 nitrogen and oxygen atoms in total. The number of benzene rings is 3. The Morgan fingerprint density at radius 1 is 0.783 bits per heavy atom. The smallest absolute Gasteiger partial charge is 0.282 e. The molecule has 0 bridgehead atoms. The summed E-state index contributed by atoms with van der Waals surface area (Å²) in [5.74, 6) is 0.671. The van der Waals surface area contributed by atoms with Crippen LogP contribution in [0.5, 0.6) is 5.75 Å². The summed E-state index contributed by atoms with van der Waals surface area (Å²) in [5.41, 5.74) is 0.